The number of thiazole rings is 1. The maximum atomic E-state index is 13.4. The number of carbonyl (C=O) groups is 1. The van der Waals surface area contributed by atoms with Crippen LogP contribution in [-0.2, 0) is 19.4 Å². The highest BCUT2D eigenvalue weighted by Crippen LogP contribution is 2.41. The average molecular weight is 486 g/mol. The predicted molar refractivity (Wildman–Crippen MR) is 137 cm³/mol. The van der Waals surface area contributed by atoms with Gasteiger partial charge in [-0.15, -0.1) is 11.3 Å². The van der Waals surface area contributed by atoms with Crippen LogP contribution in [0.25, 0.3) is 22.2 Å². The van der Waals surface area contributed by atoms with Crippen LogP contribution < -0.4 is 9.47 Å². The van der Waals surface area contributed by atoms with Crippen molar-refractivity contribution in [2.75, 3.05) is 14.2 Å². The summed E-state index contributed by atoms with van der Waals surface area (Å²) in [6.45, 7) is 0.483. The maximum Gasteiger partial charge on any atom is 0.266 e. The minimum Gasteiger partial charge on any atom is -0.493 e. The molecule has 0 radical (unpaired) electrons. The molecule has 2 aliphatic carbocycles. The van der Waals surface area contributed by atoms with E-state index in [1.165, 1.54) is 28.9 Å². The van der Waals surface area contributed by atoms with Gasteiger partial charge in [-0.25, -0.2) is 4.98 Å². The molecule has 2 aliphatic rings. The first kappa shape index (κ1) is 22.0. The number of hydrogen-bond donors (Lipinski definition) is 0. The summed E-state index contributed by atoms with van der Waals surface area (Å²) in [5, 5.41) is 1.12. The summed E-state index contributed by atoms with van der Waals surface area (Å²) in [7, 11) is 3.29. The molecule has 6 rings (SSSR count). The van der Waals surface area contributed by atoms with Crippen LogP contribution in [0.1, 0.15) is 45.6 Å². The van der Waals surface area contributed by atoms with Gasteiger partial charge in [0, 0.05) is 23.5 Å². The summed E-state index contributed by atoms with van der Waals surface area (Å²) in [6, 6.07) is 12.8. The number of para-hydroxylation sites is 1. The van der Waals surface area contributed by atoms with E-state index < -0.39 is 0 Å². The van der Waals surface area contributed by atoms with Gasteiger partial charge in [0.25, 0.3) is 5.91 Å². The summed E-state index contributed by atoms with van der Waals surface area (Å²) >= 11 is 1.39. The Hall–Kier alpha value is -3.45. The zero-order valence-corrected chi connectivity index (χ0v) is 20.7. The molecule has 0 unspecified atom stereocenters. The fourth-order valence-corrected chi connectivity index (χ4v) is 5.69. The zero-order valence-electron chi connectivity index (χ0n) is 19.9. The van der Waals surface area contributed by atoms with E-state index >= 15 is 0 Å². The molecule has 0 bridgehead atoms. The fourth-order valence-electron chi connectivity index (χ4n) is 5.12. The van der Waals surface area contributed by atoms with Crippen LogP contribution in [0.3, 0.4) is 0 Å². The normalized spacial score (nSPS) is 14.7. The average Bonchev–Trinajstić information content (AvgIpc) is 3.37. The molecular formula is C28H27N3O3S. The largest absolute Gasteiger partial charge is 0.493 e. The number of ether oxygens (including phenoxy) is 2. The smallest absolute Gasteiger partial charge is 0.266 e. The predicted octanol–water partition coefficient (Wildman–Crippen LogP) is 5.67. The Kier molecular flexibility index (Phi) is 5.65. The van der Waals surface area contributed by atoms with Gasteiger partial charge in [0.1, 0.15) is 4.88 Å². The van der Waals surface area contributed by atoms with Gasteiger partial charge < -0.3 is 14.4 Å². The summed E-state index contributed by atoms with van der Waals surface area (Å²) < 4.78 is 11.4. The van der Waals surface area contributed by atoms with E-state index in [2.05, 4.69) is 23.2 Å². The molecule has 0 saturated heterocycles. The number of amides is 1. The van der Waals surface area contributed by atoms with Crippen molar-refractivity contribution in [2.45, 2.75) is 44.7 Å². The first-order valence-corrected chi connectivity index (χ1v) is 12.9. The van der Waals surface area contributed by atoms with Crippen LogP contribution in [0.4, 0.5) is 0 Å². The highest BCUT2D eigenvalue weighted by Gasteiger charge is 2.34. The van der Waals surface area contributed by atoms with Gasteiger partial charge >= 0.3 is 0 Å². The number of fused-ring (bicyclic) bond motifs is 2. The third kappa shape index (κ3) is 4.04. The number of carbonyl (C=O) groups excluding carboxylic acids is 1. The van der Waals surface area contributed by atoms with Crippen LogP contribution in [0, 0.1) is 0 Å². The van der Waals surface area contributed by atoms with Crippen molar-refractivity contribution in [3.63, 3.8) is 0 Å². The summed E-state index contributed by atoms with van der Waals surface area (Å²) in [5.74, 6) is 1.34. The van der Waals surface area contributed by atoms with Gasteiger partial charge in [0.15, 0.2) is 11.5 Å². The second kappa shape index (κ2) is 8.96. The Balaban J connectivity index is 1.52. The summed E-state index contributed by atoms with van der Waals surface area (Å²) in [5.41, 5.74) is 8.19. The number of benzene rings is 2. The molecule has 2 aromatic carbocycles. The number of nitrogens with zero attached hydrogens (tertiary/aromatic N) is 3. The molecule has 0 aliphatic heterocycles. The Morgan fingerprint density at radius 3 is 2.66 bits per heavy atom. The highest BCUT2D eigenvalue weighted by molar-refractivity contribution is 7.11. The Morgan fingerprint density at radius 2 is 1.94 bits per heavy atom. The molecule has 6 nitrogen and oxygen atoms in total. The van der Waals surface area contributed by atoms with Gasteiger partial charge in [-0.3, -0.25) is 9.78 Å². The lowest BCUT2D eigenvalue weighted by atomic mass is 9.99. The van der Waals surface area contributed by atoms with E-state index in [9.17, 15) is 4.79 Å². The Morgan fingerprint density at radius 1 is 1.11 bits per heavy atom. The molecule has 1 fully saturated rings. The maximum absolute atomic E-state index is 13.4. The molecule has 2 heterocycles. The number of aryl methyl sites for hydroxylation is 2. The van der Waals surface area contributed by atoms with Crippen molar-refractivity contribution >= 4 is 28.1 Å². The SMILES string of the molecule is COc1cccc(-c2nc3cc4c(cc3cc2CN(C(=O)c2cncs2)C2CC2)CCC4)c1OC. The number of rotatable bonds is 7. The second-order valence-electron chi connectivity index (χ2n) is 9.23. The van der Waals surface area contributed by atoms with Crippen molar-refractivity contribution in [1.29, 1.82) is 0 Å². The third-order valence-electron chi connectivity index (χ3n) is 7.00. The van der Waals surface area contributed by atoms with E-state index in [1.807, 2.05) is 23.1 Å². The molecule has 7 heteroatoms. The van der Waals surface area contributed by atoms with E-state index in [-0.39, 0.29) is 11.9 Å². The molecule has 178 valence electrons. The number of aromatic nitrogens is 2. The summed E-state index contributed by atoms with van der Waals surface area (Å²) in [6.07, 6.45) is 7.12. The molecular weight excluding hydrogens is 458 g/mol. The molecule has 0 spiro atoms. The van der Waals surface area contributed by atoms with Gasteiger partial charge in [0.2, 0.25) is 0 Å². The minimum absolute atomic E-state index is 0.0348. The molecule has 35 heavy (non-hydrogen) atoms. The highest BCUT2D eigenvalue weighted by atomic mass is 32.1. The molecule has 0 N–H and O–H groups in total. The monoisotopic (exact) mass is 485 g/mol. The lowest BCUT2D eigenvalue weighted by molar-refractivity contribution is 0.0735. The first-order chi connectivity index (χ1) is 17.2. The number of hydrogen-bond acceptors (Lipinski definition) is 6. The number of pyridine rings is 1. The van der Waals surface area contributed by atoms with Crippen molar-refractivity contribution in [3.05, 3.63) is 69.7 Å². The van der Waals surface area contributed by atoms with Crippen molar-refractivity contribution in [1.82, 2.24) is 14.9 Å². The van der Waals surface area contributed by atoms with Crippen molar-refractivity contribution in [3.8, 4) is 22.8 Å². The van der Waals surface area contributed by atoms with Crippen LogP contribution in [0.15, 0.2) is 48.1 Å². The number of methoxy groups -OCH3 is 2. The van der Waals surface area contributed by atoms with Gasteiger partial charge in [-0.2, -0.15) is 0 Å². The van der Waals surface area contributed by atoms with Crippen LogP contribution in [0.5, 0.6) is 11.5 Å². The Bertz CT molecular complexity index is 1410. The van der Waals surface area contributed by atoms with E-state index in [0.717, 1.165) is 53.4 Å². The second-order valence-corrected chi connectivity index (χ2v) is 10.1. The van der Waals surface area contributed by atoms with E-state index in [0.29, 0.717) is 22.9 Å². The Labute approximate surface area is 208 Å². The molecule has 2 aromatic heterocycles. The standard InChI is InChI=1S/C28H27N3O3S/c1-33-24-8-4-7-22(27(24)34-2)26-20(12-19-11-17-5-3-6-18(17)13-23(19)30-26)15-31(21-9-10-21)28(32)25-14-29-16-35-25/h4,7-8,11-14,16,21H,3,5-6,9-10,15H2,1-2H3. The van der Waals surface area contributed by atoms with Gasteiger partial charge in [-0.1, -0.05) is 6.07 Å². The van der Waals surface area contributed by atoms with E-state index in [1.54, 1.807) is 25.9 Å². The molecule has 0 atom stereocenters. The topological polar surface area (TPSA) is 64.5 Å². The quantitative estimate of drug-likeness (QED) is 0.338. The first-order valence-electron chi connectivity index (χ1n) is 12.0. The van der Waals surface area contributed by atoms with Gasteiger partial charge in [-0.05, 0) is 79.1 Å². The van der Waals surface area contributed by atoms with Gasteiger partial charge in [0.05, 0.1) is 37.1 Å². The van der Waals surface area contributed by atoms with Crippen molar-refractivity contribution < 1.29 is 14.3 Å². The fraction of sp³-hybridized carbons (Fsp3) is 0.321. The minimum atomic E-state index is 0.0348. The lowest BCUT2D eigenvalue weighted by Gasteiger charge is -2.24. The molecule has 1 saturated carbocycles. The molecule has 4 aromatic rings. The van der Waals surface area contributed by atoms with Crippen LogP contribution in [0.2, 0.25) is 0 Å². The van der Waals surface area contributed by atoms with Crippen LogP contribution >= 0.6 is 11.3 Å². The molecule has 1 amide bonds. The zero-order chi connectivity index (χ0) is 23.9. The van der Waals surface area contributed by atoms with Crippen LogP contribution in [-0.4, -0.2) is 41.0 Å². The van der Waals surface area contributed by atoms with Crippen molar-refractivity contribution in [2.24, 2.45) is 0 Å². The third-order valence-corrected chi connectivity index (χ3v) is 7.76. The van der Waals surface area contributed by atoms with E-state index in [4.69, 9.17) is 14.5 Å². The lowest BCUT2D eigenvalue weighted by Crippen LogP contribution is -2.32. The summed E-state index contributed by atoms with van der Waals surface area (Å²) in [4.78, 5) is 25.4.